The van der Waals surface area contributed by atoms with Gasteiger partial charge in [-0.2, -0.15) is 0 Å². The van der Waals surface area contributed by atoms with Crippen molar-refractivity contribution in [1.29, 1.82) is 0 Å². The zero-order valence-corrected chi connectivity index (χ0v) is 7.51. The van der Waals surface area contributed by atoms with Crippen LogP contribution in [0, 0.1) is 0 Å². The first-order chi connectivity index (χ1) is 4.72. The molecule has 1 rings (SSSR count). The second kappa shape index (κ2) is 3.36. The highest BCUT2D eigenvalue weighted by molar-refractivity contribution is 7.13. The summed E-state index contributed by atoms with van der Waals surface area (Å²) in [4.78, 5) is 0. The third-order valence-corrected chi connectivity index (χ3v) is 2.29. The first-order valence-corrected chi connectivity index (χ1v) is 4.20. The van der Waals surface area contributed by atoms with E-state index in [2.05, 4.69) is 33.3 Å². The van der Waals surface area contributed by atoms with Gasteiger partial charge in [-0.1, -0.05) is 16.0 Å². The van der Waals surface area contributed by atoms with Crippen molar-refractivity contribution in [2.24, 2.45) is 0 Å². The lowest BCUT2D eigenvalue weighted by Gasteiger charge is -2.29. The van der Waals surface area contributed by atoms with E-state index < -0.39 is 0 Å². The Morgan fingerprint density at radius 3 is 3.00 bits per heavy atom. The van der Waals surface area contributed by atoms with Crippen LogP contribution < -0.4 is 10.4 Å². The van der Waals surface area contributed by atoms with Crippen molar-refractivity contribution in [2.75, 3.05) is 0 Å². The van der Waals surface area contributed by atoms with Gasteiger partial charge in [0.25, 0.3) is 0 Å². The molecule has 2 nitrogen and oxygen atoms in total. The largest absolute Gasteiger partial charge is 0.386 e. The minimum absolute atomic E-state index is 0.569. The lowest BCUT2D eigenvalue weighted by molar-refractivity contribution is 0.414. The Kier molecular flexibility index (Phi) is 2.70. The quantitative estimate of drug-likeness (QED) is 0.557. The molecule has 0 spiro atoms. The minimum Gasteiger partial charge on any atom is -0.386 e. The van der Waals surface area contributed by atoms with E-state index in [0.717, 1.165) is 12.1 Å². The zero-order valence-electron chi connectivity index (χ0n) is 6.35. The molecule has 0 aliphatic carbocycles. The summed E-state index contributed by atoms with van der Waals surface area (Å²) >= 11 is 0. The Hall–Kier alpha value is -0.0700. The van der Waals surface area contributed by atoms with Gasteiger partial charge in [0, 0.05) is 24.2 Å². The van der Waals surface area contributed by atoms with Gasteiger partial charge in [0.1, 0.15) is 0 Å². The van der Waals surface area contributed by atoms with E-state index in [1.165, 1.54) is 6.42 Å². The molecule has 0 saturated carbocycles. The van der Waals surface area contributed by atoms with Gasteiger partial charge >= 0.3 is 0 Å². The molecule has 58 valence electrons. The molecule has 1 aliphatic heterocycles. The third kappa shape index (κ3) is 1.96. The van der Waals surface area contributed by atoms with E-state index in [1.54, 1.807) is 0 Å². The predicted molar refractivity (Wildman–Crippen MR) is 47.6 cm³/mol. The molecule has 0 aromatic heterocycles. The van der Waals surface area contributed by atoms with Crippen LogP contribution in [0.5, 0.6) is 0 Å². The Labute approximate surface area is 64.7 Å². The van der Waals surface area contributed by atoms with Gasteiger partial charge in [-0.05, 0) is 13.3 Å². The Morgan fingerprint density at radius 2 is 2.50 bits per heavy atom. The smallest absolute Gasteiger partial charge is 0.0244 e. The fourth-order valence-electron chi connectivity index (χ4n) is 1.40. The molecule has 1 fully saturated rings. The third-order valence-electron chi connectivity index (χ3n) is 1.82. The number of hydrogen-bond donors (Lipinski definition) is 2. The Morgan fingerprint density at radius 1 is 1.80 bits per heavy atom. The van der Waals surface area contributed by atoms with Gasteiger partial charge in [0.05, 0.1) is 0 Å². The van der Waals surface area contributed by atoms with Gasteiger partial charge in [0.15, 0.2) is 0 Å². The monoisotopic (exact) mass is 158 g/mol. The van der Waals surface area contributed by atoms with Gasteiger partial charge in [-0.25, -0.2) is 0 Å². The summed E-state index contributed by atoms with van der Waals surface area (Å²) in [5.41, 5.74) is 1.15. The second-order valence-electron chi connectivity index (χ2n) is 2.95. The van der Waals surface area contributed by atoms with Crippen LogP contribution in [-0.4, -0.2) is 12.1 Å². The molecule has 2 N–H and O–H groups in total. The summed E-state index contributed by atoms with van der Waals surface area (Å²) in [5, 5.41) is 6.48. The molecular formula is C7H15N2P. The van der Waals surface area contributed by atoms with Crippen LogP contribution in [0.2, 0.25) is 0 Å². The topological polar surface area (TPSA) is 24.1 Å². The highest BCUT2D eigenvalue weighted by Crippen LogP contribution is 2.15. The molecule has 3 atom stereocenters. The Bertz CT molecular complexity index is 136. The first kappa shape index (κ1) is 8.03. The van der Waals surface area contributed by atoms with Crippen LogP contribution >= 0.6 is 9.39 Å². The fraction of sp³-hybridized carbons (Fsp3) is 0.714. The number of piperidine rings is 1. The van der Waals surface area contributed by atoms with Crippen molar-refractivity contribution < 1.29 is 0 Å². The molecule has 1 saturated heterocycles. The van der Waals surface area contributed by atoms with E-state index in [-0.39, 0.29) is 0 Å². The molecule has 10 heavy (non-hydrogen) atoms. The fourth-order valence-corrected chi connectivity index (χ4v) is 1.65. The summed E-state index contributed by atoms with van der Waals surface area (Å²) in [6.45, 7) is 6.08. The number of nitrogens with one attached hydrogen (secondary N) is 2. The van der Waals surface area contributed by atoms with E-state index in [9.17, 15) is 0 Å². The summed E-state index contributed by atoms with van der Waals surface area (Å²) in [6, 6.07) is 1.16. The molecule has 0 radical (unpaired) electrons. The highest BCUT2D eigenvalue weighted by atomic mass is 31.0. The zero-order chi connectivity index (χ0) is 7.56. The van der Waals surface area contributed by atoms with E-state index in [4.69, 9.17) is 0 Å². The normalized spacial score (nSPS) is 33.6. The van der Waals surface area contributed by atoms with Crippen molar-refractivity contribution in [3.63, 3.8) is 0 Å². The molecule has 0 aromatic rings. The lowest BCUT2D eigenvalue weighted by atomic mass is 10.00. The predicted octanol–water partition coefficient (Wildman–Crippen LogP) is 1.02. The van der Waals surface area contributed by atoms with Crippen molar-refractivity contribution >= 4 is 9.39 Å². The molecule has 0 aromatic carbocycles. The van der Waals surface area contributed by atoms with Crippen molar-refractivity contribution in [3.05, 3.63) is 12.3 Å². The molecule has 3 heteroatoms. The van der Waals surface area contributed by atoms with Crippen LogP contribution in [0.3, 0.4) is 0 Å². The molecule has 0 bridgehead atoms. The second-order valence-corrected chi connectivity index (χ2v) is 3.29. The van der Waals surface area contributed by atoms with Crippen LogP contribution in [0.15, 0.2) is 12.3 Å². The first-order valence-electron chi connectivity index (χ1n) is 3.63. The highest BCUT2D eigenvalue weighted by Gasteiger charge is 2.18. The van der Waals surface area contributed by atoms with Crippen LogP contribution in [0.1, 0.15) is 19.8 Å². The van der Waals surface area contributed by atoms with Gasteiger partial charge in [-0.15, -0.1) is 0 Å². The molecule has 3 unspecified atom stereocenters. The van der Waals surface area contributed by atoms with Gasteiger partial charge in [-0.3, -0.25) is 5.09 Å². The SMILES string of the molecule is C=C1CC(NP)CC(C)N1. The molecule has 0 amide bonds. The standard InChI is InChI=1S/C7H15N2P/c1-5-3-7(9-10)4-6(2)8-5/h6-9H,1,3-4,10H2,2H3. The van der Waals surface area contributed by atoms with Crippen molar-refractivity contribution in [3.8, 4) is 0 Å². The maximum Gasteiger partial charge on any atom is 0.0244 e. The summed E-state index contributed by atoms with van der Waals surface area (Å²) < 4.78 is 0. The van der Waals surface area contributed by atoms with Crippen molar-refractivity contribution in [1.82, 2.24) is 10.4 Å². The average molecular weight is 158 g/mol. The lowest BCUT2D eigenvalue weighted by Crippen LogP contribution is -2.40. The van der Waals surface area contributed by atoms with E-state index in [0.29, 0.717) is 12.1 Å². The van der Waals surface area contributed by atoms with E-state index in [1.807, 2.05) is 0 Å². The van der Waals surface area contributed by atoms with Gasteiger partial charge in [0.2, 0.25) is 0 Å². The van der Waals surface area contributed by atoms with Gasteiger partial charge < -0.3 is 5.32 Å². The van der Waals surface area contributed by atoms with Crippen LogP contribution in [0.25, 0.3) is 0 Å². The Balaban J connectivity index is 2.42. The van der Waals surface area contributed by atoms with E-state index >= 15 is 0 Å². The van der Waals surface area contributed by atoms with Crippen LogP contribution in [0.4, 0.5) is 0 Å². The van der Waals surface area contributed by atoms with Crippen LogP contribution in [-0.2, 0) is 0 Å². The maximum atomic E-state index is 3.90. The summed E-state index contributed by atoms with van der Waals surface area (Å²) in [5.74, 6) is 0. The minimum atomic E-state index is 0.569. The molecule has 1 heterocycles. The van der Waals surface area contributed by atoms with Crippen molar-refractivity contribution in [2.45, 2.75) is 31.8 Å². The molecular weight excluding hydrogens is 143 g/mol. The summed E-state index contributed by atoms with van der Waals surface area (Å²) in [6.07, 6.45) is 2.23. The number of hydrogen-bond acceptors (Lipinski definition) is 2. The average Bonchev–Trinajstić information content (AvgIpc) is 1.85. The molecule has 1 aliphatic rings. The number of rotatable bonds is 1. The maximum absolute atomic E-state index is 3.90. The summed E-state index contributed by atoms with van der Waals surface area (Å²) in [7, 11) is 2.56.